The minimum absolute atomic E-state index is 0.129. The molecule has 0 amide bonds. The Morgan fingerprint density at radius 2 is 1.89 bits per heavy atom. The number of hydrogen-bond acceptors (Lipinski definition) is 4. The summed E-state index contributed by atoms with van der Waals surface area (Å²) in [6.07, 6.45) is 0. The molecular formula is C13H12NO3S. The highest BCUT2D eigenvalue weighted by Crippen LogP contribution is 2.21. The van der Waals surface area contributed by atoms with Gasteiger partial charge in [-0.25, -0.2) is 0 Å². The fourth-order valence-corrected chi connectivity index (χ4v) is 2.35. The van der Waals surface area contributed by atoms with Crippen LogP contribution in [0.15, 0.2) is 53.4 Å². The van der Waals surface area contributed by atoms with Crippen LogP contribution >= 0.6 is 0 Å². The van der Waals surface area contributed by atoms with Gasteiger partial charge in [0, 0.05) is 24.9 Å². The van der Waals surface area contributed by atoms with E-state index in [4.69, 9.17) is 4.18 Å². The van der Waals surface area contributed by atoms with Crippen molar-refractivity contribution in [1.82, 2.24) is 0 Å². The largest absolute Gasteiger partial charge is 0.388 e. The number of anilines is 1. The standard InChI is InChI=1S/C13H12NO3S/c1-14-11-6-5-7-12(10-11)17-18(15,16)13-8-3-2-4-9-13/h2-5,7-10,14H,1H3. The van der Waals surface area contributed by atoms with E-state index >= 15 is 0 Å². The lowest BCUT2D eigenvalue weighted by molar-refractivity contribution is 0.486. The van der Waals surface area contributed by atoms with Gasteiger partial charge in [-0.2, -0.15) is 8.42 Å². The second kappa shape index (κ2) is 5.10. The van der Waals surface area contributed by atoms with E-state index in [2.05, 4.69) is 11.4 Å². The highest BCUT2D eigenvalue weighted by molar-refractivity contribution is 7.87. The van der Waals surface area contributed by atoms with E-state index in [9.17, 15) is 8.42 Å². The van der Waals surface area contributed by atoms with Gasteiger partial charge < -0.3 is 9.50 Å². The van der Waals surface area contributed by atoms with Crippen LogP contribution in [-0.4, -0.2) is 15.5 Å². The van der Waals surface area contributed by atoms with Crippen LogP contribution in [0.5, 0.6) is 5.75 Å². The first-order chi connectivity index (χ1) is 8.62. The molecule has 4 nitrogen and oxygen atoms in total. The highest BCUT2D eigenvalue weighted by atomic mass is 32.2. The smallest absolute Gasteiger partial charge is 0.339 e. The van der Waals surface area contributed by atoms with Crippen molar-refractivity contribution in [2.24, 2.45) is 0 Å². The molecule has 2 aromatic rings. The summed E-state index contributed by atoms with van der Waals surface area (Å²) in [5.41, 5.74) is 0.663. The summed E-state index contributed by atoms with van der Waals surface area (Å²) in [4.78, 5) is 0.129. The van der Waals surface area contributed by atoms with Crippen LogP contribution in [0.1, 0.15) is 0 Å². The second-order valence-electron chi connectivity index (χ2n) is 3.54. The minimum atomic E-state index is -3.78. The Morgan fingerprint density at radius 3 is 2.56 bits per heavy atom. The average Bonchev–Trinajstić information content (AvgIpc) is 2.39. The Balaban J connectivity index is 2.28. The van der Waals surface area contributed by atoms with Crippen molar-refractivity contribution < 1.29 is 12.6 Å². The van der Waals surface area contributed by atoms with Crippen molar-refractivity contribution in [3.8, 4) is 5.75 Å². The molecule has 0 fully saturated rings. The summed E-state index contributed by atoms with van der Waals surface area (Å²) in [5.74, 6) is 0.252. The quantitative estimate of drug-likeness (QED) is 0.859. The molecule has 93 valence electrons. The fourth-order valence-electron chi connectivity index (χ4n) is 1.40. The lowest BCUT2D eigenvalue weighted by Gasteiger charge is -2.07. The Kier molecular flexibility index (Phi) is 3.53. The zero-order valence-electron chi connectivity index (χ0n) is 9.75. The number of rotatable bonds is 4. The molecular weight excluding hydrogens is 250 g/mol. The Labute approximate surface area is 106 Å². The summed E-state index contributed by atoms with van der Waals surface area (Å²) >= 11 is 0. The van der Waals surface area contributed by atoms with Crippen LogP contribution in [0.4, 0.5) is 5.69 Å². The first kappa shape index (κ1) is 12.4. The molecule has 1 radical (unpaired) electrons. The molecule has 0 heterocycles. The Morgan fingerprint density at radius 1 is 1.17 bits per heavy atom. The third kappa shape index (κ3) is 2.81. The normalized spacial score (nSPS) is 10.9. The van der Waals surface area contributed by atoms with E-state index in [1.807, 2.05) is 0 Å². The van der Waals surface area contributed by atoms with Crippen molar-refractivity contribution in [3.63, 3.8) is 0 Å². The van der Waals surface area contributed by atoms with Gasteiger partial charge in [0.15, 0.2) is 0 Å². The first-order valence-electron chi connectivity index (χ1n) is 5.31. The summed E-state index contributed by atoms with van der Waals surface area (Å²) in [6.45, 7) is 0. The Hall–Kier alpha value is -2.01. The summed E-state index contributed by atoms with van der Waals surface area (Å²) < 4.78 is 28.9. The molecule has 1 N–H and O–H groups in total. The number of hydrogen-bond donors (Lipinski definition) is 1. The topological polar surface area (TPSA) is 55.4 Å². The van der Waals surface area contributed by atoms with Crippen molar-refractivity contribution in [2.45, 2.75) is 4.90 Å². The van der Waals surface area contributed by atoms with E-state index in [0.717, 1.165) is 0 Å². The molecule has 0 aliphatic carbocycles. The van der Waals surface area contributed by atoms with Gasteiger partial charge in [-0.15, -0.1) is 0 Å². The summed E-state index contributed by atoms with van der Waals surface area (Å²) in [6, 6.07) is 15.6. The van der Waals surface area contributed by atoms with Crippen LogP contribution in [0, 0.1) is 6.07 Å². The third-order valence-corrected chi connectivity index (χ3v) is 3.54. The minimum Gasteiger partial charge on any atom is -0.388 e. The van der Waals surface area contributed by atoms with Gasteiger partial charge in [0.05, 0.1) is 0 Å². The van der Waals surface area contributed by atoms with E-state index in [0.29, 0.717) is 5.69 Å². The van der Waals surface area contributed by atoms with Gasteiger partial charge in [0.1, 0.15) is 10.6 Å². The summed E-state index contributed by atoms with van der Waals surface area (Å²) in [7, 11) is -2.06. The molecule has 0 atom stereocenters. The van der Waals surface area contributed by atoms with E-state index in [1.165, 1.54) is 12.1 Å². The molecule has 0 aromatic heterocycles. The average molecular weight is 262 g/mol. The summed E-state index contributed by atoms with van der Waals surface area (Å²) in [5, 5.41) is 2.86. The van der Waals surface area contributed by atoms with Crippen LogP contribution in [0.3, 0.4) is 0 Å². The van der Waals surface area contributed by atoms with Crippen LogP contribution in [-0.2, 0) is 10.1 Å². The molecule has 0 aliphatic heterocycles. The van der Waals surface area contributed by atoms with Crippen molar-refractivity contribution in [3.05, 3.63) is 54.6 Å². The van der Waals surface area contributed by atoms with E-state index in [-0.39, 0.29) is 10.6 Å². The van der Waals surface area contributed by atoms with Gasteiger partial charge in [-0.3, -0.25) is 0 Å². The molecule has 0 spiro atoms. The third-order valence-electron chi connectivity index (χ3n) is 2.28. The van der Waals surface area contributed by atoms with E-state index in [1.54, 1.807) is 43.4 Å². The first-order valence-corrected chi connectivity index (χ1v) is 6.72. The molecule has 0 saturated carbocycles. The predicted molar refractivity (Wildman–Crippen MR) is 69.1 cm³/mol. The SMILES string of the molecule is CNc1[c]ccc(OS(=O)(=O)c2ccccc2)c1. The van der Waals surface area contributed by atoms with Gasteiger partial charge in [0.2, 0.25) is 0 Å². The second-order valence-corrected chi connectivity index (χ2v) is 5.08. The molecule has 18 heavy (non-hydrogen) atoms. The zero-order valence-corrected chi connectivity index (χ0v) is 10.6. The van der Waals surface area contributed by atoms with Crippen molar-refractivity contribution in [1.29, 1.82) is 0 Å². The molecule has 0 unspecified atom stereocenters. The molecule has 0 bridgehead atoms. The van der Waals surface area contributed by atoms with Gasteiger partial charge in [0.25, 0.3) is 0 Å². The number of nitrogens with one attached hydrogen (secondary N) is 1. The van der Waals surface area contributed by atoms with E-state index < -0.39 is 10.1 Å². The number of benzene rings is 2. The van der Waals surface area contributed by atoms with Crippen molar-refractivity contribution in [2.75, 3.05) is 12.4 Å². The Bertz CT molecular complexity index is 624. The van der Waals surface area contributed by atoms with Gasteiger partial charge in [-0.1, -0.05) is 18.2 Å². The monoisotopic (exact) mass is 262 g/mol. The lowest BCUT2D eigenvalue weighted by atomic mass is 10.3. The highest BCUT2D eigenvalue weighted by Gasteiger charge is 2.15. The maximum Gasteiger partial charge on any atom is 0.339 e. The predicted octanol–water partition coefficient (Wildman–Crippen LogP) is 2.30. The van der Waals surface area contributed by atoms with Crippen LogP contribution in [0.2, 0.25) is 0 Å². The fraction of sp³-hybridized carbons (Fsp3) is 0.0769. The van der Waals surface area contributed by atoms with Gasteiger partial charge >= 0.3 is 10.1 Å². The van der Waals surface area contributed by atoms with Crippen LogP contribution in [0.25, 0.3) is 0 Å². The lowest BCUT2D eigenvalue weighted by Crippen LogP contribution is -2.09. The molecule has 5 heteroatoms. The van der Waals surface area contributed by atoms with Gasteiger partial charge in [-0.05, 0) is 24.3 Å². The molecule has 2 rings (SSSR count). The maximum absolute atomic E-state index is 11.9. The van der Waals surface area contributed by atoms with Crippen LogP contribution < -0.4 is 9.50 Å². The van der Waals surface area contributed by atoms with Crippen molar-refractivity contribution >= 4 is 15.8 Å². The zero-order chi connectivity index (χ0) is 13.0. The maximum atomic E-state index is 11.9. The molecule has 0 saturated heterocycles. The molecule has 0 aliphatic rings. The molecule has 2 aromatic carbocycles.